The number of carboxylic acids is 1. The van der Waals surface area contributed by atoms with Gasteiger partial charge in [-0.2, -0.15) is 0 Å². The molecule has 0 radical (unpaired) electrons. The lowest BCUT2D eigenvalue weighted by atomic mass is 9.42. The average molecular weight is 503 g/mol. The Bertz CT molecular complexity index is 833. The van der Waals surface area contributed by atoms with E-state index < -0.39 is 5.97 Å². The van der Waals surface area contributed by atoms with Gasteiger partial charge in [-0.3, -0.25) is 4.79 Å². The molecule has 4 saturated carbocycles. The zero-order valence-electron chi connectivity index (χ0n) is 23.1. The van der Waals surface area contributed by atoms with Gasteiger partial charge in [0.25, 0.3) is 0 Å². The highest BCUT2D eigenvalue weighted by atomic mass is 16.7. The molecule has 0 aromatic heterocycles. The van der Waals surface area contributed by atoms with Crippen LogP contribution in [0.3, 0.4) is 0 Å². The molecule has 1 saturated heterocycles. The zero-order valence-corrected chi connectivity index (χ0v) is 23.1. The minimum atomic E-state index is -0.681. The summed E-state index contributed by atoms with van der Waals surface area (Å²) >= 11 is 0. The number of aliphatic hydroxyl groups excluding tert-OH is 1. The summed E-state index contributed by atoms with van der Waals surface area (Å²) in [6.07, 6.45) is 14.5. The first-order chi connectivity index (χ1) is 17.2. The Hall–Kier alpha value is -0.910. The first-order valence-corrected chi connectivity index (χ1v) is 15.0. The van der Waals surface area contributed by atoms with Gasteiger partial charge in [-0.1, -0.05) is 26.8 Å². The highest BCUT2D eigenvalue weighted by Gasteiger charge is 2.64. The van der Waals surface area contributed by atoms with Gasteiger partial charge in [-0.25, -0.2) is 0 Å². The SMILES string of the molecule is C/C=C1/C(O)[C@@H]2C3CCC([C@H](C)CCC(=O)O)[C@@]3(C)CCC2[C@@]2(C)CC[C@@H](OC3CCCCO3)C[C@@H]12. The minimum Gasteiger partial charge on any atom is -0.481 e. The minimum absolute atomic E-state index is 0.0441. The van der Waals surface area contributed by atoms with Crippen LogP contribution in [0.25, 0.3) is 0 Å². The molecule has 5 nitrogen and oxygen atoms in total. The van der Waals surface area contributed by atoms with Gasteiger partial charge in [-0.15, -0.1) is 0 Å². The molecule has 36 heavy (non-hydrogen) atoms. The van der Waals surface area contributed by atoms with E-state index >= 15 is 0 Å². The normalized spacial score (nSPS) is 48.6. The van der Waals surface area contributed by atoms with Crippen molar-refractivity contribution in [3.63, 3.8) is 0 Å². The molecule has 5 fully saturated rings. The first-order valence-electron chi connectivity index (χ1n) is 15.0. The van der Waals surface area contributed by atoms with Crippen LogP contribution in [-0.4, -0.2) is 41.3 Å². The van der Waals surface area contributed by atoms with Gasteiger partial charge >= 0.3 is 5.97 Å². The molecule has 1 aliphatic heterocycles. The number of rotatable bonds is 6. The Kier molecular flexibility index (Phi) is 7.66. The zero-order chi connectivity index (χ0) is 25.7. The summed E-state index contributed by atoms with van der Waals surface area (Å²) < 4.78 is 12.4. The number of carbonyl (C=O) groups is 1. The fourth-order valence-electron chi connectivity index (χ4n) is 10.1. The quantitative estimate of drug-likeness (QED) is 0.317. The number of hydrogen-bond acceptors (Lipinski definition) is 4. The summed E-state index contributed by atoms with van der Waals surface area (Å²) in [6.45, 7) is 10.2. The molecule has 5 aliphatic rings. The van der Waals surface area contributed by atoms with E-state index in [1.807, 2.05) is 0 Å². The number of ether oxygens (including phenoxy) is 2. The third-order valence-electron chi connectivity index (χ3n) is 12.0. The van der Waals surface area contributed by atoms with Gasteiger partial charge in [0.15, 0.2) is 6.29 Å². The van der Waals surface area contributed by atoms with Crippen LogP contribution < -0.4 is 0 Å². The van der Waals surface area contributed by atoms with Crippen molar-refractivity contribution in [3.8, 4) is 0 Å². The van der Waals surface area contributed by atoms with Crippen LogP contribution in [0.1, 0.15) is 105 Å². The van der Waals surface area contributed by atoms with Gasteiger partial charge in [0, 0.05) is 13.0 Å². The molecule has 0 spiro atoms. The molecule has 204 valence electrons. The maximum Gasteiger partial charge on any atom is 0.303 e. The largest absolute Gasteiger partial charge is 0.481 e. The molecule has 1 heterocycles. The summed E-state index contributed by atoms with van der Waals surface area (Å²) in [5.41, 5.74) is 1.69. The summed E-state index contributed by atoms with van der Waals surface area (Å²) in [5.74, 6) is 2.10. The molecule has 0 aromatic rings. The van der Waals surface area contributed by atoms with Gasteiger partial charge in [0.2, 0.25) is 0 Å². The Balaban J connectivity index is 1.35. The van der Waals surface area contributed by atoms with Crippen molar-refractivity contribution in [2.45, 2.75) is 123 Å². The van der Waals surface area contributed by atoms with E-state index in [2.05, 4.69) is 33.8 Å². The number of fused-ring (bicyclic) bond motifs is 5. The Morgan fingerprint density at radius 2 is 1.86 bits per heavy atom. The smallest absolute Gasteiger partial charge is 0.303 e. The van der Waals surface area contributed by atoms with E-state index in [9.17, 15) is 15.0 Å². The lowest BCUT2D eigenvalue weighted by molar-refractivity contribution is -0.212. The van der Waals surface area contributed by atoms with Crippen LogP contribution in [0.4, 0.5) is 0 Å². The molecular formula is C31H50O5. The second kappa shape index (κ2) is 10.3. The lowest BCUT2D eigenvalue weighted by Gasteiger charge is -2.63. The number of aliphatic carboxylic acids is 1. The van der Waals surface area contributed by atoms with Crippen molar-refractivity contribution in [3.05, 3.63) is 11.6 Å². The van der Waals surface area contributed by atoms with Gasteiger partial charge < -0.3 is 19.7 Å². The third-order valence-corrected chi connectivity index (χ3v) is 12.0. The monoisotopic (exact) mass is 502 g/mol. The van der Waals surface area contributed by atoms with Crippen LogP contribution in [0.2, 0.25) is 0 Å². The standard InChI is InChI=1S/C31H50O5/c1-5-21-25-18-20(36-27-8-6-7-17-35-27)13-15-31(25,4)24-14-16-30(3)22(19(2)9-12-26(32)33)10-11-23(30)28(24)29(21)34/h5,19-20,22-25,27-29,34H,6-18H2,1-4H3,(H,32,33)/b21-5+/t19-,20-,22?,23?,24?,25+,27?,28-,29?,30-,31-/m1/s1. The van der Waals surface area contributed by atoms with Crippen LogP contribution in [0.15, 0.2) is 11.6 Å². The maximum absolute atomic E-state index is 12.0. The van der Waals surface area contributed by atoms with Crippen molar-refractivity contribution in [2.24, 2.45) is 46.3 Å². The van der Waals surface area contributed by atoms with Gasteiger partial charge in [0.05, 0.1) is 12.2 Å². The second-order valence-electron chi connectivity index (χ2n) is 13.5. The molecule has 0 bridgehead atoms. The predicted molar refractivity (Wildman–Crippen MR) is 140 cm³/mol. The van der Waals surface area contributed by atoms with Crippen molar-refractivity contribution in [1.82, 2.24) is 0 Å². The predicted octanol–water partition coefficient (Wildman–Crippen LogP) is 6.59. The van der Waals surface area contributed by atoms with E-state index in [-0.39, 0.29) is 35.7 Å². The second-order valence-corrected chi connectivity index (χ2v) is 13.5. The van der Waals surface area contributed by atoms with Crippen molar-refractivity contribution in [1.29, 1.82) is 0 Å². The van der Waals surface area contributed by atoms with Crippen molar-refractivity contribution < 1.29 is 24.5 Å². The number of aliphatic hydroxyl groups is 1. The summed E-state index contributed by atoms with van der Waals surface area (Å²) in [5, 5.41) is 21.2. The summed E-state index contributed by atoms with van der Waals surface area (Å²) in [7, 11) is 0. The highest BCUT2D eigenvalue weighted by Crippen LogP contribution is 2.69. The first kappa shape index (κ1) is 26.7. The van der Waals surface area contributed by atoms with Crippen molar-refractivity contribution in [2.75, 3.05) is 6.61 Å². The number of carboxylic acid groups (broad SMARTS) is 1. The van der Waals surface area contributed by atoms with E-state index in [0.29, 0.717) is 35.5 Å². The molecule has 5 unspecified atom stereocenters. The van der Waals surface area contributed by atoms with E-state index in [4.69, 9.17) is 9.47 Å². The maximum atomic E-state index is 12.0. The fourth-order valence-corrected chi connectivity index (χ4v) is 10.1. The molecule has 2 N–H and O–H groups in total. The van der Waals surface area contributed by atoms with Crippen LogP contribution in [0.5, 0.6) is 0 Å². The number of allylic oxidation sites excluding steroid dienone is 1. The molecule has 5 rings (SSSR count). The Labute approximate surface area is 218 Å². The summed E-state index contributed by atoms with van der Waals surface area (Å²) in [6, 6.07) is 0. The fraction of sp³-hybridized carbons (Fsp3) is 0.903. The Morgan fingerprint density at radius 3 is 2.56 bits per heavy atom. The van der Waals surface area contributed by atoms with Crippen LogP contribution >= 0.6 is 0 Å². The van der Waals surface area contributed by atoms with Gasteiger partial charge in [-0.05, 0) is 129 Å². The van der Waals surface area contributed by atoms with Crippen LogP contribution in [-0.2, 0) is 14.3 Å². The molecule has 4 aliphatic carbocycles. The lowest BCUT2D eigenvalue weighted by Crippen LogP contribution is -2.60. The third kappa shape index (κ3) is 4.49. The molecule has 11 atom stereocenters. The van der Waals surface area contributed by atoms with Gasteiger partial charge in [0.1, 0.15) is 0 Å². The Morgan fingerprint density at radius 1 is 1.11 bits per heavy atom. The molecule has 0 aromatic carbocycles. The molecule has 0 amide bonds. The van der Waals surface area contributed by atoms with E-state index in [0.717, 1.165) is 38.7 Å². The molecule has 5 heteroatoms. The average Bonchev–Trinajstić information content (AvgIpc) is 3.21. The van der Waals surface area contributed by atoms with Crippen molar-refractivity contribution >= 4 is 5.97 Å². The summed E-state index contributed by atoms with van der Waals surface area (Å²) in [4.78, 5) is 11.2. The van der Waals surface area contributed by atoms with Crippen LogP contribution in [0, 0.1) is 46.3 Å². The number of hydrogen-bond donors (Lipinski definition) is 2. The topological polar surface area (TPSA) is 76.0 Å². The highest BCUT2D eigenvalue weighted by molar-refractivity contribution is 5.66. The van der Waals surface area contributed by atoms with E-state index in [1.54, 1.807) is 0 Å². The van der Waals surface area contributed by atoms with E-state index in [1.165, 1.54) is 44.1 Å². The molecular weight excluding hydrogens is 452 g/mol.